The lowest BCUT2D eigenvalue weighted by Gasteiger charge is -1.96. The third-order valence-corrected chi connectivity index (χ3v) is 1.44. The topological polar surface area (TPSA) is 102 Å². The first-order valence-electron chi connectivity index (χ1n) is 3.36. The number of benzene rings is 1. The largest absolute Gasteiger partial charge is 0.507 e. The van der Waals surface area contributed by atoms with Crippen LogP contribution >= 0.6 is 0 Å². The minimum Gasteiger partial charge on any atom is -0.507 e. The maximum absolute atomic E-state index is 10.3. The van der Waals surface area contributed by atoms with Crippen LogP contribution in [0, 0.1) is 10.1 Å². The first-order chi connectivity index (χ1) is 6.15. The van der Waals surface area contributed by atoms with Crippen LogP contribution in [-0.2, 0) is 0 Å². The molecular formula is C7H7N3O3. The van der Waals surface area contributed by atoms with E-state index in [9.17, 15) is 15.2 Å². The number of aromatic hydroxyl groups is 1. The lowest BCUT2D eigenvalue weighted by atomic mass is 10.2. The van der Waals surface area contributed by atoms with Gasteiger partial charge in [-0.1, -0.05) is 0 Å². The summed E-state index contributed by atoms with van der Waals surface area (Å²) in [6.07, 6.45) is 1.14. The predicted octanol–water partition coefficient (Wildman–Crippen LogP) is 0.593. The summed E-state index contributed by atoms with van der Waals surface area (Å²) in [5.74, 6) is 4.75. The van der Waals surface area contributed by atoms with Gasteiger partial charge >= 0.3 is 0 Å². The van der Waals surface area contributed by atoms with E-state index in [1.165, 1.54) is 18.2 Å². The molecule has 0 fully saturated rings. The monoisotopic (exact) mass is 181 g/mol. The summed E-state index contributed by atoms with van der Waals surface area (Å²) in [7, 11) is 0. The van der Waals surface area contributed by atoms with Crippen LogP contribution in [0.15, 0.2) is 23.3 Å². The first-order valence-corrected chi connectivity index (χ1v) is 3.36. The van der Waals surface area contributed by atoms with Crippen LogP contribution in [0.5, 0.6) is 5.75 Å². The molecule has 0 radical (unpaired) electrons. The standard InChI is InChI=1S/C7H7N3O3/c8-9-4-5-3-6(10(12)13)1-2-7(5)11/h1-4,11H,8H2/b9-4+. The van der Waals surface area contributed by atoms with Crippen molar-refractivity contribution in [2.75, 3.05) is 0 Å². The minimum atomic E-state index is -0.562. The SMILES string of the molecule is N/N=C/c1cc([N+](=O)[O-])ccc1O. The lowest BCUT2D eigenvalue weighted by molar-refractivity contribution is -0.384. The molecule has 0 saturated carbocycles. The summed E-state index contributed by atoms with van der Waals surface area (Å²) in [5.41, 5.74) is 0.101. The zero-order chi connectivity index (χ0) is 9.84. The molecule has 0 atom stereocenters. The molecule has 68 valence electrons. The average Bonchev–Trinajstić information content (AvgIpc) is 2.08. The molecule has 1 aromatic carbocycles. The van der Waals surface area contributed by atoms with Crippen molar-refractivity contribution in [1.82, 2.24) is 0 Å². The smallest absolute Gasteiger partial charge is 0.270 e. The van der Waals surface area contributed by atoms with Crippen LogP contribution in [-0.4, -0.2) is 16.2 Å². The Bertz CT molecular complexity index is 362. The van der Waals surface area contributed by atoms with Crippen LogP contribution < -0.4 is 5.84 Å². The minimum absolute atomic E-state index is 0.0974. The van der Waals surface area contributed by atoms with Crippen molar-refractivity contribution in [3.05, 3.63) is 33.9 Å². The van der Waals surface area contributed by atoms with E-state index in [4.69, 9.17) is 5.84 Å². The second-order valence-corrected chi connectivity index (χ2v) is 2.28. The summed E-state index contributed by atoms with van der Waals surface area (Å²) in [6, 6.07) is 3.60. The normalized spacial score (nSPS) is 10.5. The van der Waals surface area contributed by atoms with Gasteiger partial charge < -0.3 is 10.9 Å². The molecule has 0 bridgehead atoms. The molecule has 0 amide bonds. The molecule has 0 aliphatic carbocycles. The molecule has 13 heavy (non-hydrogen) atoms. The quantitative estimate of drug-likeness (QED) is 0.301. The van der Waals surface area contributed by atoms with Gasteiger partial charge in [-0.25, -0.2) is 0 Å². The molecule has 0 spiro atoms. The third kappa shape index (κ3) is 1.92. The van der Waals surface area contributed by atoms with Gasteiger partial charge in [0.2, 0.25) is 0 Å². The number of phenols is 1. The van der Waals surface area contributed by atoms with Crippen molar-refractivity contribution in [2.45, 2.75) is 0 Å². The number of phenolic OH excluding ortho intramolecular Hbond substituents is 1. The van der Waals surface area contributed by atoms with Crippen molar-refractivity contribution >= 4 is 11.9 Å². The Balaban J connectivity index is 3.18. The van der Waals surface area contributed by atoms with E-state index in [1.54, 1.807) is 0 Å². The number of nitro benzene ring substituents is 1. The van der Waals surface area contributed by atoms with Gasteiger partial charge in [-0.3, -0.25) is 10.1 Å². The number of nitro groups is 1. The highest BCUT2D eigenvalue weighted by molar-refractivity contribution is 5.84. The Morgan fingerprint density at radius 1 is 1.62 bits per heavy atom. The van der Waals surface area contributed by atoms with E-state index in [0.717, 1.165) is 6.21 Å². The van der Waals surface area contributed by atoms with E-state index in [-0.39, 0.29) is 17.0 Å². The molecule has 0 saturated heterocycles. The zero-order valence-corrected chi connectivity index (χ0v) is 6.54. The van der Waals surface area contributed by atoms with E-state index < -0.39 is 4.92 Å². The summed E-state index contributed by atoms with van der Waals surface area (Å²) < 4.78 is 0. The van der Waals surface area contributed by atoms with Gasteiger partial charge in [0.15, 0.2) is 0 Å². The fourth-order valence-corrected chi connectivity index (χ4v) is 0.839. The maximum Gasteiger partial charge on any atom is 0.270 e. The number of hydrogen-bond donors (Lipinski definition) is 2. The average molecular weight is 181 g/mol. The van der Waals surface area contributed by atoms with E-state index >= 15 is 0 Å². The predicted molar refractivity (Wildman–Crippen MR) is 46.5 cm³/mol. The molecule has 0 aromatic heterocycles. The number of hydrazone groups is 1. The highest BCUT2D eigenvalue weighted by atomic mass is 16.6. The number of non-ortho nitro benzene ring substituents is 1. The fourth-order valence-electron chi connectivity index (χ4n) is 0.839. The second kappa shape index (κ2) is 3.53. The molecule has 6 nitrogen and oxygen atoms in total. The van der Waals surface area contributed by atoms with Crippen LogP contribution in [0.3, 0.4) is 0 Å². The zero-order valence-electron chi connectivity index (χ0n) is 6.54. The van der Waals surface area contributed by atoms with Gasteiger partial charge in [0.25, 0.3) is 5.69 Å². The molecule has 0 heterocycles. The molecule has 6 heteroatoms. The second-order valence-electron chi connectivity index (χ2n) is 2.28. The molecule has 0 aliphatic heterocycles. The van der Waals surface area contributed by atoms with Crippen molar-refractivity contribution in [1.29, 1.82) is 0 Å². The van der Waals surface area contributed by atoms with Crippen molar-refractivity contribution in [3.8, 4) is 5.75 Å². The molecule has 0 unspecified atom stereocenters. The lowest BCUT2D eigenvalue weighted by Crippen LogP contribution is -1.91. The van der Waals surface area contributed by atoms with Crippen molar-refractivity contribution in [3.63, 3.8) is 0 Å². The Hall–Kier alpha value is -2.11. The Labute approximate surface area is 73.4 Å². The van der Waals surface area contributed by atoms with Crippen LogP contribution in [0.4, 0.5) is 5.69 Å². The van der Waals surface area contributed by atoms with Gasteiger partial charge in [-0.05, 0) is 6.07 Å². The summed E-state index contributed by atoms with van der Waals surface area (Å²) in [6.45, 7) is 0. The molecule has 1 aromatic rings. The highest BCUT2D eigenvalue weighted by Crippen LogP contribution is 2.20. The van der Waals surface area contributed by atoms with Crippen molar-refractivity contribution < 1.29 is 10.0 Å². The van der Waals surface area contributed by atoms with Crippen LogP contribution in [0.2, 0.25) is 0 Å². The van der Waals surface area contributed by atoms with Crippen LogP contribution in [0.25, 0.3) is 0 Å². The van der Waals surface area contributed by atoms with E-state index in [1.807, 2.05) is 0 Å². The summed E-state index contributed by atoms with van der Waals surface area (Å²) >= 11 is 0. The third-order valence-electron chi connectivity index (χ3n) is 1.44. The van der Waals surface area contributed by atoms with Gasteiger partial charge in [-0.2, -0.15) is 5.10 Å². The Morgan fingerprint density at radius 2 is 2.31 bits per heavy atom. The number of nitrogens with two attached hydrogens (primary N) is 1. The highest BCUT2D eigenvalue weighted by Gasteiger charge is 2.08. The van der Waals surface area contributed by atoms with Gasteiger partial charge in [0, 0.05) is 17.7 Å². The maximum atomic E-state index is 10.3. The van der Waals surface area contributed by atoms with Gasteiger partial charge in [0.05, 0.1) is 11.1 Å². The molecular weight excluding hydrogens is 174 g/mol. The Morgan fingerprint density at radius 3 is 2.85 bits per heavy atom. The Kier molecular flexibility index (Phi) is 2.44. The number of rotatable bonds is 2. The fraction of sp³-hybridized carbons (Fsp3) is 0. The molecule has 0 aliphatic rings. The van der Waals surface area contributed by atoms with Crippen LogP contribution in [0.1, 0.15) is 5.56 Å². The van der Waals surface area contributed by atoms with E-state index in [0.29, 0.717) is 0 Å². The summed E-state index contributed by atoms with van der Waals surface area (Å²) in [5, 5.41) is 22.7. The van der Waals surface area contributed by atoms with Gasteiger partial charge in [-0.15, -0.1) is 0 Å². The van der Waals surface area contributed by atoms with Gasteiger partial charge in [0.1, 0.15) is 5.75 Å². The van der Waals surface area contributed by atoms with E-state index in [2.05, 4.69) is 5.10 Å². The summed E-state index contributed by atoms with van der Waals surface area (Å²) in [4.78, 5) is 9.75. The van der Waals surface area contributed by atoms with Crippen molar-refractivity contribution in [2.24, 2.45) is 10.9 Å². The number of hydrogen-bond acceptors (Lipinski definition) is 5. The number of nitrogens with zero attached hydrogens (tertiary/aromatic N) is 2. The molecule has 1 rings (SSSR count). The first kappa shape index (κ1) is 8.98. The molecule has 3 N–H and O–H groups in total.